The molecule has 0 atom stereocenters. The van der Waals surface area contributed by atoms with Crippen molar-refractivity contribution in [3.8, 4) is 5.69 Å². The minimum absolute atomic E-state index is 0.0228. The lowest BCUT2D eigenvalue weighted by Crippen LogP contribution is -2.15. The fourth-order valence-corrected chi connectivity index (χ4v) is 3.65. The molecule has 132 valence electrons. The summed E-state index contributed by atoms with van der Waals surface area (Å²) in [5.74, 6) is 0.388. The van der Waals surface area contributed by atoms with Crippen LogP contribution >= 0.6 is 0 Å². The van der Waals surface area contributed by atoms with Gasteiger partial charge in [0.25, 0.3) is 5.56 Å². The first kappa shape index (κ1) is 18.5. The molecule has 0 aliphatic carbocycles. The summed E-state index contributed by atoms with van der Waals surface area (Å²) in [6.45, 7) is 5.54. The fourth-order valence-electron chi connectivity index (χ4n) is 2.05. The second-order valence-electron chi connectivity index (χ2n) is 6.66. The SMILES string of the molecule is CC(C)(C)c1cc(=O)n(-c2ccc(S(C)(=O)=O)cc2S(C)(=O)=O)o1. The zero-order chi connectivity index (χ0) is 18.5. The molecule has 0 spiro atoms. The Morgan fingerprint density at radius 1 is 0.958 bits per heavy atom. The maximum Gasteiger partial charge on any atom is 0.287 e. The van der Waals surface area contributed by atoms with Gasteiger partial charge in [-0.1, -0.05) is 20.8 Å². The molecule has 0 bridgehead atoms. The highest BCUT2D eigenvalue weighted by Gasteiger charge is 2.25. The van der Waals surface area contributed by atoms with E-state index in [1.54, 1.807) is 0 Å². The van der Waals surface area contributed by atoms with Crippen molar-refractivity contribution in [3.05, 3.63) is 40.4 Å². The average molecular weight is 373 g/mol. The summed E-state index contributed by atoms with van der Waals surface area (Å²) in [6.07, 6.45) is 1.92. The predicted octanol–water partition coefficient (Wildman–Crippen LogP) is 1.54. The van der Waals surface area contributed by atoms with Crippen molar-refractivity contribution in [2.24, 2.45) is 0 Å². The van der Waals surface area contributed by atoms with Crippen molar-refractivity contribution >= 4 is 19.7 Å². The molecule has 24 heavy (non-hydrogen) atoms. The monoisotopic (exact) mass is 373 g/mol. The van der Waals surface area contributed by atoms with Crippen molar-refractivity contribution in [1.82, 2.24) is 4.74 Å². The number of benzene rings is 1. The third kappa shape index (κ3) is 3.62. The highest BCUT2D eigenvalue weighted by atomic mass is 32.2. The van der Waals surface area contributed by atoms with Gasteiger partial charge in [-0.05, 0) is 18.2 Å². The smallest absolute Gasteiger partial charge is 0.287 e. The van der Waals surface area contributed by atoms with E-state index in [1.807, 2.05) is 20.8 Å². The summed E-state index contributed by atoms with van der Waals surface area (Å²) in [5.41, 5.74) is -0.995. The molecule has 9 heteroatoms. The molecule has 0 saturated heterocycles. The molecule has 1 heterocycles. The molecule has 0 radical (unpaired) electrons. The minimum Gasteiger partial charge on any atom is -0.375 e. The molecule has 0 aliphatic heterocycles. The number of rotatable bonds is 3. The zero-order valence-electron chi connectivity index (χ0n) is 14.0. The van der Waals surface area contributed by atoms with Crippen molar-refractivity contribution in [2.75, 3.05) is 12.5 Å². The highest BCUT2D eigenvalue weighted by molar-refractivity contribution is 7.91. The molecule has 0 N–H and O–H groups in total. The second-order valence-corrected chi connectivity index (χ2v) is 10.7. The first-order valence-electron chi connectivity index (χ1n) is 6.99. The van der Waals surface area contributed by atoms with Crippen LogP contribution in [0.5, 0.6) is 0 Å². The maximum absolute atomic E-state index is 12.2. The van der Waals surface area contributed by atoms with Crippen LogP contribution in [0.1, 0.15) is 26.5 Å². The molecule has 1 aromatic carbocycles. The Morgan fingerprint density at radius 2 is 1.54 bits per heavy atom. The summed E-state index contributed by atoms with van der Waals surface area (Å²) in [7, 11) is -7.39. The molecule has 0 amide bonds. The van der Waals surface area contributed by atoms with Gasteiger partial charge in [0.15, 0.2) is 19.7 Å². The van der Waals surface area contributed by atoms with E-state index in [4.69, 9.17) is 4.52 Å². The van der Waals surface area contributed by atoms with Gasteiger partial charge in [0, 0.05) is 24.0 Å². The van der Waals surface area contributed by atoms with Crippen LogP contribution in [0.15, 0.2) is 43.4 Å². The summed E-state index contributed by atoms with van der Waals surface area (Å²) >= 11 is 0. The lowest BCUT2D eigenvalue weighted by molar-refractivity contribution is 0.274. The Balaban J connectivity index is 2.81. The van der Waals surface area contributed by atoms with Gasteiger partial charge in [-0.15, -0.1) is 4.74 Å². The quantitative estimate of drug-likeness (QED) is 0.808. The van der Waals surface area contributed by atoms with E-state index in [2.05, 4.69) is 0 Å². The Labute approximate surface area is 140 Å². The van der Waals surface area contributed by atoms with Crippen molar-refractivity contribution in [2.45, 2.75) is 36.0 Å². The van der Waals surface area contributed by atoms with Gasteiger partial charge in [0.05, 0.1) is 9.79 Å². The van der Waals surface area contributed by atoms with E-state index in [-0.39, 0.29) is 15.5 Å². The van der Waals surface area contributed by atoms with Crippen LogP contribution in [-0.2, 0) is 25.1 Å². The number of hydrogen-bond donors (Lipinski definition) is 0. The van der Waals surface area contributed by atoms with Crippen molar-refractivity contribution < 1.29 is 21.4 Å². The van der Waals surface area contributed by atoms with Crippen LogP contribution in [0.4, 0.5) is 0 Å². The number of aromatic nitrogens is 1. The first-order valence-corrected chi connectivity index (χ1v) is 10.8. The molecule has 0 unspecified atom stereocenters. The third-order valence-electron chi connectivity index (χ3n) is 3.36. The van der Waals surface area contributed by atoms with Crippen LogP contribution in [0, 0.1) is 0 Å². The summed E-state index contributed by atoms with van der Waals surface area (Å²) in [4.78, 5) is 11.8. The van der Waals surface area contributed by atoms with Gasteiger partial charge in [-0.2, -0.15) is 0 Å². The van der Waals surface area contributed by atoms with Gasteiger partial charge >= 0.3 is 0 Å². The van der Waals surface area contributed by atoms with Crippen LogP contribution in [0.2, 0.25) is 0 Å². The molecular weight excluding hydrogens is 354 g/mol. The molecular formula is C15H19NO6S2. The van der Waals surface area contributed by atoms with Gasteiger partial charge in [0.2, 0.25) is 0 Å². The van der Waals surface area contributed by atoms with E-state index >= 15 is 0 Å². The average Bonchev–Trinajstić information content (AvgIpc) is 2.78. The predicted molar refractivity (Wildman–Crippen MR) is 89.2 cm³/mol. The third-order valence-corrected chi connectivity index (χ3v) is 5.60. The molecule has 1 aromatic heterocycles. The van der Waals surface area contributed by atoms with E-state index in [9.17, 15) is 21.6 Å². The normalized spacial score (nSPS) is 13.2. The first-order chi connectivity index (χ1) is 10.7. The summed E-state index contributed by atoms with van der Waals surface area (Å²) < 4.78 is 53.9. The van der Waals surface area contributed by atoms with Crippen LogP contribution in [0.3, 0.4) is 0 Å². The number of nitrogens with zero attached hydrogens (tertiary/aromatic N) is 1. The molecule has 2 aromatic rings. The topological polar surface area (TPSA) is 103 Å². The molecule has 2 rings (SSSR count). The minimum atomic E-state index is -3.79. The summed E-state index contributed by atoms with van der Waals surface area (Å²) in [5, 5.41) is 0. The fraction of sp³-hybridized carbons (Fsp3) is 0.400. The van der Waals surface area contributed by atoms with Gasteiger partial charge in [-0.25, -0.2) is 16.8 Å². The van der Waals surface area contributed by atoms with E-state index < -0.39 is 30.6 Å². The standard InChI is InChI=1S/C15H19NO6S2/c1-15(2,3)13-9-14(17)16(22-13)11-7-6-10(23(4,18)19)8-12(11)24(5,20)21/h6-9H,1-5H3. The lowest BCUT2D eigenvalue weighted by atomic mass is 9.94. The Kier molecular flexibility index (Phi) is 4.30. The van der Waals surface area contributed by atoms with Crippen molar-refractivity contribution in [1.29, 1.82) is 0 Å². The Hall–Kier alpha value is -1.87. The Morgan fingerprint density at radius 3 is 1.96 bits per heavy atom. The van der Waals surface area contributed by atoms with Gasteiger partial charge in [-0.3, -0.25) is 4.79 Å². The highest BCUT2D eigenvalue weighted by Crippen LogP contribution is 2.26. The lowest BCUT2D eigenvalue weighted by Gasteiger charge is -2.14. The second kappa shape index (κ2) is 5.59. The molecule has 7 nitrogen and oxygen atoms in total. The molecule has 0 aliphatic rings. The number of sulfone groups is 2. The van der Waals surface area contributed by atoms with Gasteiger partial charge in [0.1, 0.15) is 11.4 Å². The number of hydrogen-bond acceptors (Lipinski definition) is 6. The zero-order valence-corrected chi connectivity index (χ0v) is 15.7. The van der Waals surface area contributed by atoms with Crippen molar-refractivity contribution in [3.63, 3.8) is 0 Å². The van der Waals surface area contributed by atoms with E-state index in [0.717, 1.165) is 23.3 Å². The molecule has 0 fully saturated rings. The van der Waals surface area contributed by atoms with Crippen LogP contribution in [0.25, 0.3) is 5.69 Å². The van der Waals surface area contributed by atoms with Crippen LogP contribution in [-0.4, -0.2) is 34.1 Å². The van der Waals surface area contributed by atoms with Gasteiger partial charge < -0.3 is 4.52 Å². The summed E-state index contributed by atoms with van der Waals surface area (Å²) in [6, 6.07) is 4.82. The molecule has 0 saturated carbocycles. The van der Waals surface area contributed by atoms with E-state index in [0.29, 0.717) is 5.76 Å². The van der Waals surface area contributed by atoms with E-state index in [1.165, 1.54) is 18.2 Å². The Bertz CT molecular complexity index is 1050. The van der Waals surface area contributed by atoms with Crippen LogP contribution < -0.4 is 5.56 Å². The maximum atomic E-state index is 12.2. The largest absolute Gasteiger partial charge is 0.375 e.